The highest BCUT2D eigenvalue weighted by Gasteiger charge is 2.15. The fraction of sp³-hybridized carbons (Fsp3) is 0.273. The molecule has 134 valence electrons. The van der Waals surface area contributed by atoms with Gasteiger partial charge in [-0.3, -0.25) is 9.59 Å². The number of Topliss-reactive ketones (excluding diaryl/α,β-unsaturated/α-hetero) is 1. The van der Waals surface area contributed by atoms with E-state index in [4.69, 9.17) is 4.74 Å². The summed E-state index contributed by atoms with van der Waals surface area (Å²) in [5, 5.41) is 0.875. The minimum Gasteiger partial charge on any atom is -0.457 e. The first kappa shape index (κ1) is 17.9. The molecule has 3 aromatic rings. The van der Waals surface area contributed by atoms with E-state index in [1.54, 1.807) is 6.20 Å². The zero-order valence-corrected chi connectivity index (χ0v) is 15.4. The average molecular weight is 349 g/mol. The number of carbonyl (C=O) groups is 2. The summed E-state index contributed by atoms with van der Waals surface area (Å²) in [6.07, 6.45) is 2.75. The van der Waals surface area contributed by atoms with Gasteiger partial charge in [0.15, 0.2) is 6.61 Å². The lowest BCUT2D eigenvalue weighted by Gasteiger charge is -2.06. The first-order chi connectivity index (χ1) is 12.5. The molecule has 2 aromatic carbocycles. The fourth-order valence-electron chi connectivity index (χ4n) is 3.10. The molecule has 1 aromatic heterocycles. The molecule has 0 saturated heterocycles. The van der Waals surface area contributed by atoms with Crippen LogP contribution in [0.25, 0.3) is 10.9 Å². The summed E-state index contributed by atoms with van der Waals surface area (Å²) in [6, 6.07) is 11.8. The lowest BCUT2D eigenvalue weighted by atomic mass is 10.0. The molecule has 0 aliphatic heterocycles. The van der Waals surface area contributed by atoms with E-state index in [0.29, 0.717) is 5.56 Å². The van der Waals surface area contributed by atoms with Crippen molar-refractivity contribution in [3.05, 3.63) is 70.4 Å². The number of benzene rings is 2. The standard InChI is InChI=1S/C22H23NO3/c1-4-17-6-5-7-18-19(12-23-22(17)18)20(24)13-26-21(25)11-16-9-8-14(2)15(3)10-16/h5-10,12,23H,4,11,13H2,1-3H3. The summed E-state index contributed by atoms with van der Waals surface area (Å²) in [4.78, 5) is 27.7. The van der Waals surface area contributed by atoms with E-state index >= 15 is 0 Å². The van der Waals surface area contributed by atoms with Crippen LogP contribution in [0, 0.1) is 13.8 Å². The van der Waals surface area contributed by atoms with E-state index in [-0.39, 0.29) is 18.8 Å². The zero-order chi connectivity index (χ0) is 18.7. The van der Waals surface area contributed by atoms with E-state index in [0.717, 1.165) is 34.0 Å². The number of rotatable bonds is 6. The Morgan fingerprint density at radius 2 is 1.88 bits per heavy atom. The Kier molecular flexibility index (Phi) is 5.21. The van der Waals surface area contributed by atoms with E-state index in [2.05, 4.69) is 11.9 Å². The molecule has 0 aliphatic carbocycles. The molecule has 3 rings (SSSR count). The van der Waals surface area contributed by atoms with Crippen LogP contribution in [0.4, 0.5) is 0 Å². The van der Waals surface area contributed by atoms with E-state index < -0.39 is 5.97 Å². The maximum absolute atomic E-state index is 12.5. The fourth-order valence-corrected chi connectivity index (χ4v) is 3.10. The van der Waals surface area contributed by atoms with Crippen molar-refractivity contribution in [1.29, 1.82) is 0 Å². The monoisotopic (exact) mass is 349 g/mol. The first-order valence-corrected chi connectivity index (χ1v) is 8.83. The molecular formula is C22H23NO3. The van der Waals surface area contributed by atoms with E-state index in [1.165, 1.54) is 5.56 Å². The van der Waals surface area contributed by atoms with Gasteiger partial charge in [-0.25, -0.2) is 0 Å². The lowest BCUT2D eigenvalue weighted by Crippen LogP contribution is -2.15. The van der Waals surface area contributed by atoms with Crippen molar-refractivity contribution in [2.24, 2.45) is 0 Å². The number of nitrogens with one attached hydrogen (secondary N) is 1. The molecular weight excluding hydrogens is 326 g/mol. The second kappa shape index (κ2) is 7.56. The average Bonchev–Trinajstić information content (AvgIpc) is 3.07. The second-order valence-corrected chi connectivity index (χ2v) is 6.57. The molecule has 0 radical (unpaired) electrons. The Balaban J connectivity index is 1.65. The van der Waals surface area contributed by atoms with Gasteiger partial charge in [0.2, 0.25) is 5.78 Å². The van der Waals surface area contributed by atoms with Gasteiger partial charge in [-0.1, -0.05) is 43.3 Å². The summed E-state index contributed by atoms with van der Waals surface area (Å²) in [7, 11) is 0. The Morgan fingerprint density at radius 3 is 2.62 bits per heavy atom. The highest BCUT2D eigenvalue weighted by Crippen LogP contribution is 2.22. The third-order valence-corrected chi connectivity index (χ3v) is 4.77. The highest BCUT2D eigenvalue weighted by molar-refractivity contribution is 6.09. The minimum absolute atomic E-state index is 0.169. The van der Waals surface area contributed by atoms with Gasteiger partial charge < -0.3 is 9.72 Å². The largest absolute Gasteiger partial charge is 0.457 e. The van der Waals surface area contributed by atoms with Gasteiger partial charge in [-0.2, -0.15) is 0 Å². The van der Waals surface area contributed by atoms with Crippen LogP contribution in [0.15, 0.2) is 42.6 Å². The quantitative estimate of drug-likeness (QED) is 0.533. The number of H-pyrrole nitrogens is 1. The number of ketones is 1. The molecule has 1 N–H and O–H groups in total. The molecule has 0 bridgehead atoms. The first-order valence-electron chi connectivity index (χ1n) is 8.83. The minimum atomic E-state index is -0.393. The van der Waals surface area contributed by atoms with Crippen molar-refractivity contribution in [3.8, 4) is 0 Å². The van der Waals surface area contributed by atoms with Crippen molar-refractivity contribution in [2.75, 3.05) is 6.61 Å². The van der Waals surface area contributed by atoms with Crippen LogP contribution in [-0.2, 0) is 22.4 Å². The Morgan fingerprint density at radius 1 is 1.08 bits per heavy atom. The predicted molar refractivity (Wildman–Crippen MR) is 103 cm³/mol. The molecule has 4 heteroatoms. The smallest absolute Gasteiger partial charge is 0.310 e. The van der Waals surface area contributed by atoms with Crippen LogP contribution in [-0.4, -0.2) is 23.3 Å². The number of aromatic amines is 1. The SMILES string of the molecule is CCc1cccc2c(C(=O)COC(=O)Cc3ccc(C)c(C)c3)c[nH]c12. The summed E-state index contributed by atoms with van der Waals surface area (Å²) in [6.45, 7) is 5.87. The molecule has 1 heterocycles. The van der Waals surface area contributed by atoms with Crippen molar-refractivity contribution >= 4 is 22.7 Å². The van der Waals surface area contributed by atoms with Gasteiger partial charge in [0, 0.05) is 22.7 Å². The Hall–Kier alpha value is -2.88. The molecule has 0 saturated carbocycles. The van der Waals surface area contributed by atoms with Crippen molar-refractivity contribution in [3.63, 3.8) is 0 Å². The summed E-state index contributed by atoms with van der Waals surface area (Å²) in [5.41, 5.74) is 5.91. The van der Waals surface area contributed by atoms with Gasteiger partial charge in [0.05, 0.1) is 6.42 Å². The number of hydrogen-bond donors (Lipinski definition) is 1. The number of aryl methyl sites for hydroxylation is 3. The summed E-state index contributed by atoms with van der Waals surface area (Å²) >= 11 is 0. The molecule has 0 unspecified atom stereocenters. The third-order valence-electron chi connectivity index (χ3n) is 4.77. The van der Waals surface area contributed by atoms with E-state index in [9.17, 15) is 9.59 Å². The van der Waals surface area contributed by atoms with Crippen LogP contribution in [0.2, 0.25) is 0 Å². The maximum Gasteiger partial charge on any atom is 0.310 e. The molecule has 26 heavy (non-hydrogen) atoms. The molecule has 0 spiro atoms. The van der Waals surface area contributed by atoms with Gasteiger partial charge in [-0.15, -0.1) is 0 Å². The number of aromatic nitrogens is 1. The number of para-hydroxylation sites is 1. The van der Waals surface area contributed by atoms with Crippen LogP contribution in [0.3, 0.4) is 0 Å². The number of hydrogen-bond acceptors (Lipinski definition) is 3. The molecule has 0 fully saturated rings. The lowest BCUT2D eigenvalue weighted by molar-refractivity contribution is -0.141. The topological polar surface area (TPSA) is 59.2 Å². The van der Waals surface area contributed by atoms with Crippen molar-refractivity contribution in [2.45, 2.75) is 33.6 Å². The summed E-state index contributed by atoms with van der Waals surface area (Å²) < 4.78 is 5.20. The van der Waals surface area contributed by atoms with Crippen LogP contribution in [0.5, 0.6) is 0 Å². The van der Waals surface area contributed by atoms with Crippen LogP contribution < -0.4 is 0 Å². The zero-order valence-electron chi connectivity index (χ0n) is 15.4. The number of carbonyl (C=O) groups excluding carboxylic acids is 2. The second-order valence-electron chi connectivity index (χ2n) is 6.57. The maximum atomic E-state index is 12.5. The van der Waals surface area contributed by atoms with Crippen LogP contribution >= 0.6 is 0 Å². The molecule has 0 atom stereocenters. The van der Waals surface area contributed by atoms with Gasteiger partial charge >= 0.3 is 5.97 Å². The van der Waals surface area contributed by atoms with E-state index in [1.807, 2.05) is 50.2 Å². The number of esters is 1. The molecule has 0 aliphatic rings. The summed E-state index contributed by atoms with van der Waals surface area (Å²) in [5.74, 6) is -0.589. The number of ether oxygens (including phenoxy) is 1. The molecule has 4 nitrogen and oxygen atoms in total. The predicted octanol–water partition coefficient (Wildman–Crippen LogP) is 4.32. The Labute approximate surface area is 153 Å². The Bertz CT molecular complexity index is 969. The van der Waals surface area contributed by atoms with Crippen molar-refractivity contribution in [1.82, 2.24) is 4.98 Å². The third kappa shape index (κ3) is 3.69. The highest BCUT2D eigenvalue weighted by atomic mass is 16.5. The van der Waals surface area contributed by atoms with Crippen LogP contribution in [0.1, 0.15) is 39.5 Å². The van der Waals surface area contributed by atoms with Gasteiger partial charge in [0.1, 0.15) is 0 Å². The number of fused-ring (bicyclic) bond motifs is 1. The molecule has 0 amide bonds. The van der Waals surface area contributed by atoms with Crippen molar-refractivity contribution < 1.29 is 14.3 Å². The van der Waals surface area contributed by atoms with Gasteiger partial charge in [0.25, 0.3) is 0 Å². The normalized spacial score (nSPS) is 10.9. The van der Waals surface area contributed by atoms with Gasteiger partial charge in [-0.05, 0) is 42.5 Å².